The molecule has 2 rings (SSSR count). The minimum atomic E-state index is -2.27. The van der Waals surface area contributed by atoms with Gasteiger partial charge in [0.1, 0.15) is 0 Å². The molecule has 6 N–H and O–H groups in total. The van der Waals surface area contributed by atoms with Gasteiger partial charge in [-0.15, -0.1) is 0 Å². The second-order valence-corrected chi connectivity index (χ2v) is 9.68. The number of aliphatic hydroxyl groups is 1. The van der Waals surface area contributed by atoms with Gasteiger partial charge in [0.05, 0.1) is 18.5 Å². The van der Waals surface area contributed by atoms with Crippen molar-refractivity contribution in [3.05, 3.63) is 35.9 Å². The molecule has 0 saturated carbocycles. The molecule has 0 spiro atoms. The average molecular weight is 476 g/mol. The fourth-order valence-corrected chi connectivity index (χ4v) is 4.04. The molecule has 1 saturated heterocycles. The van der Waals surface area contributed by atoms with E-state index in [-0.39, 0.29) is 31.7 Å². The van der Waals surface area contributed by atoms with Crippen LogP contribution in [0.5, 0.6) is 0 Å². The van der Waals surface area contributed by atoms with Gasteiger partial charge in [0, 0.05) is 18.5 Å². The molecule has 1 aromatic rings. The van der Waals surface area contributed by atoms with E-state index in [1.54, 1.807) is 20.8 Å². The summed E-state index contributed by atoms with van der Waals surface area (Å²) in [6.45, 7) is 5.37. The second-order valence-electron chi connectivity index (χ2n) is 9.68. The zero-order chi connectivity index (χ0) is 25.5. The lowest BCUT2D eigenvalue weighted by Gasteiger charge is -2.38. The van der Waals surface area contributed by atoms with Crippen molar-refractivity contribution < 1.29 is 24.3 Å². The van der Waals surface area contributed by atoms with Crippen LogP contribution < -0.4 is 21.7 Å². The Morgan fingerprint density at radius 1 is 1.21 bits per heavy atom. The number of hydrogen-bond acceptors (Lipinski definition) is 6. The lowest BCUT2D eigenvalue weighted by molar-refractivity contribution is -0.173. The molecule has 0 aliphatic carbocycles. The maximum atomic E-state index is 13.2. The van der Waals surface area contributed by atoms with E-state index < -0.39 is 41.1 Å². The van der Waals surface area contributed by atoms with Crippen molar-refractivity contribution in [2.24, 2.45) is 5.73 Å². The molecule has 1 aliphatic heterocycles. The van der Waals surface area contributed by atoms with Crippen molar-refractivity contribution in [3.8, 4) is 0 Å². The van der Waals surface area contributed by atoms with Gasteiger partial charge < -0.3 is 31.7 Å². The first-order chi connectivity index (χ1) is 15.9. The van der Waals surface area contributed by atoms with Crippen LogP contribution in [-0.2, 0) is 25.6 Å². The van der Waals surface area contributed by atoms with Crippen molar-refractivity contribution in [3.63, 3.8) is 0 Å². The SMILES string of the molecule is CN[C@@H](CC(N)=O)C(=O)N[C@H]1CCN(C(=O)CCCc2ccccc2)[C@@]1(O)C(=O)NC(C)(C)C. The van der Waals surface area contributed by atoms with Gasteiger partial charge in [-0.25, -0.2) is 0 Å². The van der Waals surface area contributed by atoms with Crippen LogP contribution >= 0.6 is 0 Å². The topological polar surface area (TPSA) is 154 Å². The molecule has 10 nitrogen and oxygen atoms in total. The van der Waals surface area contributed by atoms with E-state index in [4.69, 9.17) is 5.73 Å². The van der Waals surface area contributed by atoms with E-state index in [0.29, 0.717) is 12.8 Å². The summed E-state index contributed by atoms with van der Waals surface area (Å²) in [4.78, 5) is 51.5. The van der Waals surface area contributed by atoms with Gasteiger partial charge in [-0.2, -0.15) is 0 Å². The molecule has 34 heavy (non-hydrogen) atoms. The number of likely N-dealkylation sites (N-methyl/N-ethyl adjacent to an activating group) is 1. The highest BCUT2D eigenvalue weighted by Crippen LogP contribution is 2.30. The Hall–Kier alpha value is -2.98. The molecular weight excluding hydrogens is 438 g/mol. The first kappa shape index (κ1) is 27.3. The predicted octanol–water partition coefficient (Wildman–Crippen LogP) is -0.207. The minimum Gasteiger partial charge on any atom is -0.370 e. The molecule has 0 bridgehead atoms. The summed E-state index contributed by atoms with van der Waals surface area (Å²) in [5, 5.41) is 19.7. The molecule has 1 heterocycles. The fourth-order valence-electron chi connectivity index (χ4n) is 4.04. The highest BCUT2D eigenvalue weighted by atomic mass is 16.3. The first-order valence-electron chi connectivity index (χ1n) is 11.5. The van der Waals surface area contributed by atoms with Gasteiger partial charge in [0.25, 0.3) is 5.91 Å². The van der Waals surface area contributed by atoms with Gasteiger partial charge in [-0.05, 0) is 52.6 Å². The Morgan fingerprint density at radius 2 is 1.85 bits per heavy atom. The normalized spacial score (nSPS) is 21.1. The van der Waals surface area contributed by atoms with Crippen molar-refractivity contribution in [1.29, 1.82) is 0 Å². The third-order valence-corrected chi connectivity index (χ3v) is 5.75. The van der Waals surface area contributed by atoms with Crippen LogP contribution in [-0.4, -0.2) is 70.6 Å². The van der Waals surface area contributed by atoms with E-state index >= 15 is 0 Å². The minimum absolute atomic E-state index is 0.100. The largest absolute Gasteiger partial charge is 0.370 e. The number of rotatable bonds is 10. The van der Waals surface area contributed by atoms with Gasteiger partial charge in [0.2, 0.25) is 23.4 Å². The standard InChI is InChI=1S/C24H37N5O5/c1-23(2,3)28-22(33)24(34)18(27-21(32)17(26-4)15-19(25)30)13-14-29(24)20(31)12-8-11-16-9-6-5-7-10-16/h5-7,9-10,17-18,26,34H,8,11-15H2,1-4H3,(H2,25,30)(H,27,32)(H,28,33)/t17-,18-,24-/m0/s1. The summed E-state index contributed by atoms with van der Waals surface area (Å²) in [5.41, 5.74) is 3.36. The molecule has 0 aromatic heterocycles. The Balaban J connectivity index is 2.19. The first-order valence-corrected chi connectivity index (χ1v) is 11.5. The molecule has 10 heteroatoms. The zero-order valence-electron chi connectivity index (χ0n) is 20.4. The van der Waals surface area contributed by atoms with Gasteiger partial charge in [-0.3, -0.25) is 19.2 Å². The summed E-state index contributed by atoms with van der Waals surface area (Å²) in [7, 11) is 1.50. The third-order valence-electron chi connectivity index (χ3n) is 5.75. The molecule has 3 atom stereocenters. The van der Waals surface area contributed by atoms with Crippen molar-refractivity contribution >= 4 is 23.6 Å². The fraction of sp³-hybridized carbons (Fsp3) is 0.583. The van der Waals surface area contributed by atoms with E-state index in [2.05, 4.69) is 16.0 Å². The smallest absolute Gasteiger partial charge is 0.276 e. The number of nitrogens with two attached hydrogens (primary N) is 1. The van der Waals surface area contributed by atoms with Crippen LogP contribution in [0.15, 0.2) is 30.3 Å². The number of carbonyl (C=O) groups excluding carboxylic acids is 4. The molecule has 0 radical (unpaired) electrons. The Labute approximate surface area is 200 Å². The van der Waals surface area contributed by atoms with Crippen LogP contribution in [0.4, 0.5) is 0 Å². The van der Waals surface area contributed by atoms with Crippen molar-refractivity contribution in [2.45, 2.75) is 76.2 Å². The summed E-state index contributed by atoms with van der Waals surface area (Å²) in [6, 6.07) is 7.75. The molecule has 1 aromatic carbocycles. The van der Waals surface area contributed by atoms with E-state index in [9.17, 15) is 24.3 Å². The monoisotopic (exact) mass is 475 g/mol. The number of likely N-dealkylation sites (tertiary alicyclic amines) is 1. The average Bonchev–Trinajstić information content (AvgIpc) is 3.08. The lowest BCUT2D eigenvalue weighted by atomic mass is 9.99. The van der Waals surface area contributed by atoms with Gasteiger partial charge in [-0.1, -0.05) is 30.3 Å². The highest BCUT2D eigenvalue weighted by molar-refractivity contribution is 5.93. The summed E-state index contributed by atoms with van der Waals surface area (Å²) < 4.78 is 0. The molecule has 188 valence electrons. The summed E-state index contributed by atoms with van der Waals surface area (Å²) >= 11 is 0. The maximum absolute atomic E-state index is 13.2. The summed E-state index contributed by atoms with van der Waals surface area (Å²) in [5.74, 6) is -2.40. The van der Waals surface area contributed by atoms with Crippen LogP contribution in [0.25, 0.3) is 0 Å². The molecule has 0 unspecified atom stereocenters. The molecule has 1 fully saturated rings. The number of benzene rings is 1. The van der Waals surface area contributed by atoms with E-state index in [1.165, 1.54) is 7.05 Å². The van der Waals surface area contributed by atoms with Crippen LogP contribution in [0.1, 0.15) is 52.0 Å². The Kier molecular flexibility index (Phi) is 9.17. The molecule has 4 amide bonds. The molecule has 1 aliphatic rings. The number of hydrogen-bond donors (Lipinski definition) is 5. The highest BCUT2D eigenvalue weighted by Gasteiger charge is 2.56. The number of aryl methyl sites for hydroxylation is 1. The van der Waals surface area contributed by atoms with E-state index in [0.717, 1.165) is 10.5 Å². The van der Waals surface area contributed by atoms with Gasteiger partial charge in [0.15, 0.2) is 0 Å². The molecular formula is C24H37N5O5. The maximum Gasteiger partial charge on any atom is 0.276 e. The summed E-state index contributed by atoms with van der Waals surface area (Å²) in [6.07, 6.45) is 1.31. The number of primary amides is 1. The Bertz CT molecular complexity index is 885. The van der Waals surface area contributed by atoms with Crippen LogP contribution in [0.2, 0.25) is 0 Å². The number of nitrogens with zero attached hydrogens (tertiary/aromatic N) is 1. The number of carbonyl (C=O) groups is 4. The quantitative estimate of drug-likeness (QED) is 0.316. The number of amides is 4. The zero-order valence-corrected chi connectivity index (χ0v) is 20.4. The van der Waals surface area contributed by atoms with Crippen molar-refractivity contribution in [2.75, 3.05) is 13.6 Å². The Morgan fingerprint density at radius 3 is 2.41 bits per heavy atom. The van der Waals surface area contributed by atoms with Crippen LogP contribution in [0, 0.1) is 0 Å². The predicted molar refractivity (Wildman–Crippen MR) is 127 cm³/mol. The van der Waals surface area contributed by atoms with Gasteiger partial charge >= 0.3 is 0 Å². The second kappa shape index (κ2) is 11.4. The van der Waals surface area contributed by atoms with Crippen LogP contribution in [0.3, 0.4) is 0 Å². The number of nitrogens with one attached hydrogen (secondary N) is 3. The van der Waals surface area contributed by atoms with E-state index in [1.807, 2.05) is 30.3 Å². The lowest BCUT2D eigenvalue weighted by Crippen LogP contribution is -2.68. The van der Waals surface area contributed by atoms with Crippen molar-refractivity contribution in [1.82, 2.24) is 20.9 Å². The third kappa shape index (κ3) is 7.01.